The topological polar surface area (TPSA) is 52.1 Å². The average molecular weight is 767 g/mol. The Morgan fingerprint density at radius 2 is 0.783 bits per heavy atom. The van der Waals surface area contributed by atoms with Crippen LogP contribution in [0.25, 0.3) is 122 Å². The molecule has 0 spiro atoms. The van der Waals surface area contributed by atoms with Gasteiger partial charge in [0.2, 0.25) is 0 Å². The maximum Gasteiger partial charge on any atom is 0.161 e. The highest BCUT2D eigenvalue weighted by molar-refractivity contribution is 6.13. The highest BCUT2D eigenvalue weighted by Crippen LogP contribution is 2.46. The maximum atomic E-state index is 6.67. The molecule has 0 N–H and O–H groups in total. The fourth-order valence-corrected chi connectivity index (χ4v) is 9.01. The number of hydrogen-bond acceptors (Lipinski definition) is 4. The van der Waals surface area contributed by atoms with Gasteiger partial charge in [-0.1, -0.05) is 176 Å². The molecule has 0 saturated carbocycles. The minimum absolute atomic E-state index is 0.607. The van der Waals surface area contributed by atoms with Crippen LogP contribution in [0.3, 0.4) is 0 Å². The van der Waals surface area contributed by atoms with Crippen molar-refractivity contribution in [3.63, 3.8) is 0 Å². The van der Waals surface area contributed by atoms with Crippen LogP contribution in [0, 0.1) is 0 Å². The number of fused-ring (bicyclic) bond motifs is 7. The molecule has 0 aliphatic carbocycles. The summed E-state index contributed by atoms with van der Waals surface area (Å²) >= 11 is 0. The molecule has 0 unspecified atom stereocenters. The lowest BCUT2D eigenvalue weighted by atomic mass is 9.86. The summed E-state index contributed by atoms with van der Waals surface area (Å²) in [5, 5.41) is 6.39. The van der Waals surface area contributed by atoms with Gasteiger partial charge in [-0.15, -0.1) is 0 Å². The quantitative estimate of drug-likeness (QED) is 0.169. The first kappa shape index (κ1) is 34.0. The SMILES string of the molecule is c1ccc(-c2ccccc2-c2ccc3cccc(-c4ccccc4)c3c2-c2nc(-c3cccc4c3oc3ccccc34)cc(-c3cccc4c3oc3ccccc34)n2)cc1. The van der Waals surface area contributed by atoms with Gasteiger partial charge in [0, 0.05) is 43.6 Å². The van der Waals surface area contributed by atoms with Crippen LogP contribution in [0.2, 0.25) is 0 Å². The van der Waals surface area contributed by atoms with E-state index in [0.29, 0.717) is 5.82 Å². The number of furan rings is 2. The molecule has 3 heterocycles. The van der Waals surface area contributed by atoms with Crippen molar-refractivity contribution < 1.29 is 8.83 Å². The lowest BCUT2D eigenvalue weighted by molar-refractivity contribution is 0.669. The zero-order chi connectivity index (χ0) is 39.6. The Bertz CT molecular complexity index is 3470. The third-order valence-electron chi connectivity index (χ3n) is 11.7. The summed E-state index contributed by atoms with van der Waals surface area (Å²) in [6, 6.07) is 72.0. The number of hydrogen-bond donors (Lipinski definition) is 0. The van der Waals surface area contributed by atoms with E-state index < -0.39 is 0 Å². The molecule has 0 saturated heterocycles. The Hall–Kier alpha value is -8.08. The highest BCUT2D eigenvalue weighted by Gasteiger charge is 2.24. The predicted molar refractivity (Wildman–Crippen MR) is 247 cm³/mol. The molecule has 12 aromatic rings. The molecule has 0 bridgehead atoms. The van der Waals surface area contributed by atoms with Crippen LogP contribution < -0.4 is 0 Å². The summed E-state index contributed by atoms with van der Waals surface area (Å²) in [4.78, 5) is 11.2. The third-order valence-corrected chi connectivity index (χ3v) is 11.7. The van der Waals surface area contributed by atoms with Gasteiger partial charge in [0.05, 0.1) is 11.4 Å². The lowest BCUT2D eigenvalue weighted by Gasteiger charge is -2.19. The second-order valence-corrected chi connectivity index (χ2v) is 15.2. The van der Waals surface area contributed by atoms with Gasteiger partial charge in [0.25, 0.3) is 0 Å². The smallest absolute Gasteiger partial charge is 0.161 e. The van der Waals surface area contributed by atoms with Crippen molar-refractivity contribution in [3.8, 4) is 67.3 Å². The summed E-state index contributed by atoms with van der Waals surface area (Å²) in [5.74, 6) is 0.607. The fraction of sp³-hybridized carbons (Fsp3) is 0. The molecule has 0 aliphatic rings. The van der Waals surface area contributed by atoms with Crippen LogP contribution in [0.4, 0.5) is 0 Å². The molecule has 0 amide bonds. The van der Waals surface area contributed by atoms with Crippen LogP contribution >= 0.6 is 0 Å². The summed E-state index contributed by atoms with van der Waals surface area (Å²) in [6.07, 6.45) is 0. The minimum atomic E-state index is 0.607. The summed E-state index contributed by atoms with van der Waals surface area (Å²) in [6.45, 7) is 0. The Labute approximate surface area is 345 Å². The van der Waals surface area contributed by atoms with Crippen molar-refractivity contribution in [2.75, 3.05) is 0 Å². The molecule has 280 valence electrons. The number of nitrogens with zero attached hydrogens (tertiary/aromatic N) is 2. The molecule has 0 aliphatic heterocycles. The molecule has 0 radical (unpaired) electrons. The first-order chi connectivity index (χ1) is 29.8. The van der Waals surface area contributed by atoms with Crippen molar-refractivity contribution in [2.45, 2.75) is 0 Å². The summed E-state index contributed by atoms with van der Waals surface area (Å²) < 4.78 is 13.3. The van der Waals surface area contributed by atoms with Crippen LogP contribution in [-0.2, 0) is 0 Å². The van der Waals surface area contributed by atoms with Crippen LogP contribution in [0.1, 0.15) is 0 Å². The van der Waals surface area contributed by atoms with E-state index in [4.69, 9.17) is 18.8 Å². The van der Waals surface area contributed by atoms with Crippen LogP contribution in [-0.4, -0.2) is 9.97 Å². The molecule has 0 fully saturated rings. The van der Waals surface area contributed by atoms with E-state index in [1.54, 1.807) is 0 Å². The zero-order valence-corrected chi connectivity index (χ0v) is 32.3. The Morgan fingerprint density at radius 3 is 1.40 bits per heavy atom. The standard InChI is InChI=1S/C56H34N2O2/c1-3-16-35(17-4-1)38-21-7-8-22-40(38)43-33-32-37-20-13-25-39(36-18-5-2-6-19-36)52(37)53(43)56-57-48(46-28-14-26-44-41-23-9-11-30-50(41)59-54(44)46)34-49(58-56)47-29-15-27-45-42-24-10-12-31-51(42)60-55(45)47/h1-34H. The number of benzene rings is 9. The number of rotatable bonds is 6. The van der Waals surface area contributed by atoms with Gasteiger partial charge in [0.15, 0.2) is 5.82 Å². The Balaban J connectivity index is 1.23. The van der Waals surface area contributed by atoms with Crippen molar-refractivity contribution in [1.82, 2.24) is 9.97 Å². The van der Waals surface area contributed by atoms with Crippen molar-refractivity contribution in [2.24, 2.45) is 0 Å². The van der Waals surface area contributed by atoms with E-state index in [1.165, 1.54) is 0 Å². The van der Waals surface area contributed by atoms with E-state index >= 15 is 0 Å². The molecular formula is C56H34N2O2. The Kier molecular flexibility index (Phi) is 7.82. The van der Waals surface area contributed by atoms with E-state index in [0.717, 1.165) is 116 Å². The van der Waals surface area contributed by atoms with Gasteiger partial charge in [-0.3, -0.25) is 0 Å². The predicted octanol–water partition coefficient (Wildman–Crippen LogP) is 15.4. The monoisotopic (exact) mass is 766 g/mol. The first-order valence-electron chi connectivity index (χ1n) is 20.2. The maximum absolute atomic E-state index is 6.67. The van der Waals surface area contributed by atoms with E-state index in [2.05, 4.69) is 182 Å². The molecule has 12 rings (SSSR count). The third kappa shape index (κ3) is 5.46. The van der Waals surface area contributed by atoms with Gasteiger partial charge in [-0.05, 0) is 69.1 Å². The highest BCUT2D eigenvalue weighted by atomic mass is 16.3. The lowest BCUT2D eigenvalue weighted by Crippen LogP contribution is -2.00. The van der Waals surface area contributed by atoms with Gasteiger partial charge in [-0.2, -0.15) is 0 Å². The zero-order valence-electron chi connectivity index (χ0n) is 32.3. The molecule has 60 heavy (non-hydrogen) atoms. The van der Waals surface area contributed by atoms with Crippen LogP contribution in [0.15, 0.2) is 215 Å². The van der Waals surface area contributed by atoms with Crippen molar-refractivity contribution in [3.05, 3.63) is 206 Å². The minimum Gasteiger partial charge on any atom is -0.455 e. The van der Waals surface area contributed by atoms with Gasteiger partial charge < -0.3 is 8.83 Å². The van der Waals surface area contributed by atoms with Gasteiger partial charge >= 0.3 is 0 Å². The largest absolute Gasteiger partial charge is 0.455 e. The molecule has 9 aromatic carbocycles. The van der Waals surface area contributed by atoms with Gasteiger partial charge in [0.1, 0.15) is 22.3 Å². The van der Waals surface area contributed by atoms with E-state index in [1.807, 2.05) is 24.3 Å². The number of aromatic nitrogens is 2. The molecular weight excluding hydrogens is 733 g/mol. The van der Waals surface area contributed by atoms with E-state index in [-0.39, 0.29) is 0 Å². The molecule has 0 atom stereocenters. The first-order valence-corrected chi connectivity index (χ1v) is 20.2. The van der Waals surface area contributed by atoms with Crippen molar-refractivity contribution in [1.29, 1.82) is 0 Å². The van der Waals surface area contributed by atoms with Crippen molar-refractivity contribution >= 4 is 54.6 Å². The second-order valence-electron chi connectivity index (χ2n) is 15.2. The Morgan fingerprint density at radius 1 is 0.317 bits per heavy atom. The fourth-order valence-electron chi connectivity index (χ4n) is 9.01. The molecule has 4 heteroatoms. The second kappa shape index (κ2) is 13.8. The number of para-hydroxylation sites is 4. The molecule has 3 aromatic heterocycles. The average Bonchev–Trinajstić information content (AvgIpc) is 3.90. The summed E-state index contributed by atoms with van der Waals surface area (Å²) in [5.41, 5.74) is 14.1. The summed E-state index contributed by atoms with van der Waals surface area (Å²) in [7, 11) is 0. The van der Waals surface area contributed by atoms with Gasteiger partial charge in [-0.25, -0.2) is 9.97 Å². The normalized spacial score (nSPS) is 11.7. The van der Waals surface area contributed by atoms with E-state index in [9.17, 15) is 0 Å². The molecule has 4 nitrogen and oxygen atoms in total. The van der Waals surface area contributed by atoms with Crippen LogP contribution in [0.5, 0.6) is 0 Å².